The zero-order valence-electron chi connectivity index (χ0n) is 24.5. The van der Waals surface area contributed by atoms with Crippen LogP contribution < -0.4 is 10.6 Å². The van der Waals surface area contributed by atoms with Gasteiger partial charge >= 0.3 is 18.2 Å². The van der Waals surface area contributed by atoms with Crippen LogP contribution in [0.3, 0.4) is 0 Å². The maximum atomic E-state index is 13.6. The highest BCUT2D eigenvalue weighted by atomic mass is 16.6. The molecule has 0 aliphatic rings. The molecule has 224 valence electrons. The van der Waals surface area contributed by atoms with Gasteiger partial charge in [-0.25, -0.2) is 9.59 Å². The molecule has 41 heavy (non-hydrogen) atoms. The van der Waals surface area contributed by atoms with Crippen molar-refractivity contribution in [2.75, 3.05) is 26.7 Å². The maximum absolute atomic E-state index is 13.6. The molecule has 0 unspecified atom stereocenters. The fourth-order valence-electron chi connectivity index (χ4n) is 3.95. The Morgan fingerprint density at radius 1 is 0.829 bits per heavy atom. The van der Waals surface area contributed by atoms with E-state index >= 15 is 0 Å². The van der Waals surface area contributed by atoms with Crippen LogP contribution in [0.5, 0.6) is 0 Å². The number of carbonyl (C=O) groups excluding carboxylic acids is 4. The van der Waals surface area contributed by atoms with Gasteiger partial charge in [-0.05, 0) is 44.7 Å². The average Bonchev–Trinajstić information content (AvgIpc) is 2.94. The molecule has 2 rings (SSSR count). The minimum absolute atomic E-state index is 0.213. The number of esters is 1. The van der Waals surface area contributed by atoms with E-state index in [-0.39, 0.29) is 19.6 Å². The molecule has 0 aromatic heterocycles. The largest absolute Gasteiger partial charge is 0.468 e. The summed E-state index contributed by atoms with van der Waals surface area (Å²) in [4.78, 5) is 51.6. The van der Waals surface area contributed by atoms with Crippen molar-refractivity contribution in [3.63, 3.8) is 0 Å². The van der Waals surface area contributed by atoms with Crippen molar-refractivity contribution >= 4 is 24.1 Å². The fraction of sp³-hybridized carbons (Fsp3) is 0.484. The van der Waals surface area contributed by atoms with Crippen molar-refractivity contribution in [2.45, 2.75) is 71.1 Å². The highest BCUT2D eigenvalue weighted by molar-refractivity contribution is 5.88. The van der Waals surface area contributed by atoms with Crippen molar-refractivity contribution in [2.24, 2.45) is 0 Å². The topological polar surface area (TPSA) is 123 Å². The van der Waals surface area contributed by atoms with Gasteiger partial charge in [-0.15, -0.1) is 0 Å². The quantitative estimate of drug-likeness (QED) is 0.182. The van der Waals surface area contributed by atoms with Gasteiger partial charge in [0.25, 0.3) is 0 Å². The van der Waals surface area contributed by atoms with Crippen molar-refractivity contribution in [1.29, 1.82) is 0 Å². The summed E-state index contributed by atoms with van der Waals surface area (Å²) in [6.07, 6.45) is 2.01. The minimum Gasteiger partial charge on any atom is -0.468 e. The van der Waals surface area contributed by atoms with Gasteiger partial charge in [0.2, 0.25) is 5.91 Å². The Kier molecular flexibility index (Phi) is 14.2. The number of nitrogens with one attached hydrogen (secondary N) is 2. The van der Waals surface area contributed by atoms with Crippen LogP contribution in [0.4, 0.5) is 9.59 Å². The highest BCUT2D eigenvalue weighted by Gasteiger charge is 2.29. The molecule has 0 saturated carbocycles. The molecule has 0 aliphatic heterocycles. The van der Waals surface area contributed by atoms with E-state index in [0.29, 0.717) is 19.5 Å². The number of hydrogen-bond donors (Lipinski definition) is 2. The molecule has 2 aromatic rings. The normalized spacial score (nSPS) is 11.6. The second-order valence-corrected chi connectivity index (χ2v) is 10.6. The van der Waals surface area contributed by atoms with Crippen LogP contribution in [0, 0.1) is 0 Å². The Morgan fingerprint density at radius 3 is 2.05 bits per heavy atom. The van der Waals surface area contributed by atoms with Crippen LogP contribution in [0.2, 0.25) is 0 Å². The predicted octanol–water partition coefficient (Wildman–Crippen LogP) is 4.61. The number of hydrogen-bond acceptors (Lipinski definition) is 7. The standard InChI is InChI=1S/C31H43N3O7/c1-31(2,3)41-30(38)33-26(21-24-15-9-7-10-16-24)28(36)34(22-27(35)39-4)20-14-6-5-13-19-32-29(37)40-23-25-17-11-8-12-18-25/h7-12,15-18,26H,5-6,13-14,19-23H2,1-4H3,(H,32,37)(H,33,38)/t26-/m0/s1. The van der Waals surface area contributed by atoms with Crippen LogP contribution in [-0.2, 0) is 36.8 Å². The molecule has 10 heteroatoms. The highest BCUT2D eigenvalue weighted by Crippen LogP contribution is 2.12. The first kappa shape index (κ1) is 33.1. The number of benzene rings is 2. The summed E-state index contributed by atoms with van der Waals surface area (Å²) >= 11 is 0. The van der Waals surface area contributed by atoms with Gasteiger partial charge in [-0.3, -0.25) is 9.59 Å². The molecular weight excluding hydrogens is 526 g/mol. The summed E-state index contributed by atoms with van der Waals surface area (Å²) < 4.78 is 15.4. The van der Waals surface area contributed by atoms with Crippen molar-refractivity contribution < 1.29 is 33.4 Å². The summed E-state index contributed by atoms with van der Waals surface area (Å²) in [6, 6.07) is 17.8. The average molecular weight is 570 g/mol. The fourth-order valence-corrected chi connectivity index (χ4v) is 3.95. The zero-order valence-corrected chi connectivity index (χ0v) is 24.5. The summed E-state index contributed by atoms with van der Waals surface area (Å²) in [5, 5.41) is 5.42. The Hall–Kier alpha value is -4.08. The van der Waals surface area contributed by atoms with Gasteiger partial charge in [0, 0.05) is 19.5 Å². The number of methoxy groups -OCH3 is 1. The smallest absolute Gasteiger partial charge is 0.408 e. The lowest BCUT2D eigenvalue weighted by Gasteiger charge is -2.28. The predicted molar refractivity (Wildman–Crippen MR) is 155 cm³/mol. The minimum atomic E-state index is -0.928. The third kappa shape index (κ3) is 14.2. The van der Waals surface area contributed by atoms with Crippen LogP contribution in [-0.4, -0.2) is 67.3 Å². The zero-order chi connectivity index (χ0) is 30.1. The van der Waals surface area contributed by atoms with Crippen LogP contribution in [0.1, 0.15) is 57.6 Å². The van der Waals surface area contributed by atoms with E-state index in [1.807, 2.05) is 60.7 Å². The van der Waals surface area contributed by atoms with Crippen molar-refractivity contribution in [1.82, 2.24) is 15.5 Å². The van der Waals surface area contributed by atoms with E-state index in [2.05, 4.69) is 10.6 Å². The van der Waals surface area contributed by atoms with Crippen LogP contribution >= 0.6 is 0 Å². The van der Waals surface area contributed by atoms with Crippen LogP contribution in [0.15, 0.2) is 60.7 Å². The third-order valence-electron chi connectivity index (χ3n) is 5.97. The first-order chi connectivity index (χ1) is 19.6. The van der Waals surface area contributed by atoms with Gasteiger partial charge in [0.15, 0.2) is 0 Å². The molecule has 0 bridgehead atoms. The maximum Gasteiger partial charge on any atom is 0.408 e. The number of ether oxygens (including phenoxy) is 3. The Labute approximate surface area is 242 Å². The first-order valence-electron chi connectivity index (χ1n) is 13.9. The van der Waals surface area contributed by atoms with Gasteiger partial charge in [-0.2, -0.15) is 0 Å². The van der Waals surface area contributed by atoms with E-state index in [9.17, 15) is 19.2 Å². The lowest BCUT2D eigenvalue weighted by atomic mass is 10.0. The number of nitrogens with zero attached hydrogens (tertiary/aromatic N) is 1. The molecule has 0 aliphatic carbocycles. The van der Waals surface area contributed by atoms with Gasteiger partial charge in [0.1, 0.15) is 24.8 Å². The van der Waals surface area contributed by atoms with Gasteiger partial charge in [0.05, 0.1) is 7.11 Å². The van der Waals surface area contributed by atoms with Gasteiger partial charge < -0.3 is 29.7 Å². The molecule has 0 saturated heterocycles. The first-order valence-corrected chi connectivity index (χ1v) is 13.9. The number of amides is 3. The summed E-state index contributed by atoms with van der Waals surface area (Å²) in [5.74, 6) is -0.944. The molecule has 1 atom stereocenters. The molecule has 0 fully saturated rings. The lowest BCUT2D eigenvalue weighted by molar-refractivity contribution is -0.147. The van der Waals surface area contributed by atoms with E-state index in [0.717, 1.165) is 30.4 Å². The van der Waals surface area contributed by atoms with Crippen molar-refractivity contribution in [3.05, 3.63) is 71.8 Å². The number of alkyl carbamates (subject to hydrolysis) is 2. The molecule has 2 aromatic carbocycles. The SMILES string of the molecule is COC(=O)CN(CCCCCCNC(=O)OCc1ccccc1)C(=O)[C@H](Cc1ccccc1)NC(=O)OC(C)(C)C. The van der Waals surface area contributed by atoms with E-state index in [4.69, 9.17) is 14.2 Å². The van der Waals surface area contributed by atoms with E-state index < -0.39 is 35.7 Å². The second-order valence-electron chi connectivity index (χ2n) is 10.6. The molecule has 0 radical (unpaired) electrons. The number of unbranched alkanes of at least 4 members (excludes halogenated alkanes) is 3. The Balaban J connectivity index is 1.87. The molecule has 10 nitrogen and oxygen atoms in total. The molecule has 2 N–H and O–H groups in total. The lowest BCUT2D eigenvalue weighted by Crippen LogP contribution is -2.52. The monoisotopic (exact) mass is 569 g/mol. The van der Waals surface area contributed by atoms with Crippen LogP contribution in [0.25, 0.3) is 0 Å². The second kappa shape index (κ2) is 17.6. The number of carbonyl (C=O) groups is 4. The Bertz CT molecular complexity index is 1090. The van der Waals surface area contributed by atoms with E-state index in [1.165, 1.54) is 12.0 Å². The molecule has 0 heterocycles. The third-order valence-corrected chi connectivity index (χ3v) is 5.97. The molecule has 0 spiro atoms. The Morgan fingerprint density at radius 2 is 1.44 bits per heavy atom. The summed E-state index contributed by atoms with van der Waals surface area (Å²) in [6.45, 7) is 5.99. The molecular formula is C31H43N3O7. The van der Waals surface area contributed by atoms with Crippen molar-refractivity contribution in [3.8, 4) is 0 Å². The van der Waals surface area contributed by atoms with Gasteiger partial charge in [-0.1, -0.05) is 73.5 Å². The number of rotatable bonds is 15. The van der Waals surface area contributed by atoms with E-state index in [1.54, 1.807) is 20.8 Å². The summed E-state index contributed by atoms with van der Waals surface area (Å²) in [7, 11) is 1.27. The molecule has 3 amide bonds. The summed E-state index contributed by atoms with van der Waals surface area (Å²) in [5.41, 5.74) is 1.04.